The highest BCUT2D eigenvalue weighted by atomic mass is 35.5. The lowest BCUT2D eigenvalue weighted by molar-refractivity contribution is 0.482. The van der Waals surface area contributed by atoms with Gasteiger partial charge in [0, 0.05) is 16.8 Å². The Morgan fingerprint density at radius 1 is 0.969 bits per heavy atom. The molecule has 7 heteroatoms. The third-order valence-electron chi connectivity index (χ3n) is 5.36. The van der Waals surface area contributed by atoms with Gasteiger partial charge in [0.15, 0.2) is 5.11 Å². The zero-order chi connectivity index (χ0) is 22.1. The molecule has 2 aromatic heterocycles. The van der Waals surface area contributed by atoms with E-state index in [0.717, 1.165) is 32.1 Å². The fourth-order valence-electron chi connectivity index (χ4n) is 3.83. The lowest BCUT2D eigenvalue weighted by atomic mass is 10.0. The van der Waals surface area contributed by atoms with Crippen LogP contribution in [-0.2, 0) is 0 Å². The Bertz CT molecular complexity index is 1230. The molecule has 2 atom stereocenters. The summed E-state index contributed by atoms with van der Waals surface area (Å²) in [6.07, 6.45) is 1.80. The highest BCUT2D eigenvalue weighted by Gasteiger charge is 2.41. The number of anilines is 1. The van der Waals surface area contributed by atoms with E-state index in [9.17, 15) is 0 Å². The van der Waals surface area contributed by atoms with Crippen molar-refractivity contribution >= 4 is 46.0 Å². The van der Waals surface area contributed by atoms with E-state index < -0.39 is 0 Å². The molecule has 0 radical (unpaired) electrons. The van der Waals surface area contributed by atoms with Crippen LogP contribution in [0, 0.1) is 6.92 Å². The summed E-state index contributed by atoms with van der Waals surface area (Å²) in [6, 6.07) is 25.8. The molecular formula is C25H20ClN3OS2. The van der Waals surface area contributed by atoms with Crippen LogP contribution in [0.4, 0.5) is 5.69 Å². The first kappa shape index (κ1) is 20.9. The molecule has 1 N–H and O–H groups in total. The summed E-state index contributed by atoms with van der Waals surface area (Å²) in [6.45, 7) is 2.06. The Morgan fingerprint density at radius 2 is 1.69 bits per heavy atom. The summed E-state index contributed by atoms with van der Waals surface area (Å²) in [5, 5.41) is 4.12. The summed E-state index contributed by atoms with van der Waals surface area (Å²) >= 11 is 13.6. The van der Waals surface area contributed by atoms with E-state index in [0.29, 0.717) is 5.11 Å². The molecule has 1 saturated heterocycles. The summed E-state index contributed by atoms with van der Waals surface area (Å²) < 4.78 is 6.74. The predicted octanol–water partition coefficient (Wildman–Crippen LogP) is 7.07. The van der Waals surface area contributed by atoms with Crippen LogP contribution in [0.15, 0.2) is 85.1 Å². The van der Waals surface area contributed by atoms with Crippen LogP contribution in [0.2, 0.25) is 4.34 Å². The molecule has 32 heavy (non-hydrogen) atoms. The van der Waals surface area contributed by atoms with E-state index >= 15 is 0 Å². The van der Waals surface area contributed by atoms with Crippen LogP contribution in [0.3, 0.4) is 0 Å². The number of nitrogens with one attached hydrogen (secondary N) is 1. The van der Waals surface area contributed by atoms with E-state index in [1.54, 1.807) is 17.5 Å². The smallest absolute Gasteiger partial charge is 0.174 e. The number of aryl methyl sites for hydroxylation is 1. The van der Waals surface area contributed by atoms with Crippen LogP contribution in [-0.4, -0.2) is 10.1 Å². The standard InChI is InChI=1S/C25H20ClN3OS2/c1-16-5-9-18(10-6-16)30-19-11-7-17(8-12-19)29-24(21-13-14-22(26)32-21)23(28-25(29)31)20-4-2-3-15-27-20/h2-15,23-24H,1H3,(H,28,31)/t23-,24-/m1/s1. The van der Waals surface area contributed by atoms with Crippen LogP contribution in [0.1, 0.15) is 28.2 Å². The summed E-state index contributed by atoms with van der Waals surface area (Å²) in [5.74, 6) is 1.58. The first-order valence-electron chi connectivity index (χ1n) is 10.2. The number of nitrogens with zero attached hydrogens (tertiary/aromatic N) is 2. The number of hydrogen-bond acceptors (Lipinski definition) is 4. The fraction of sp³-hybridized carbons (Fsp3) is 0.120. The molecule has 1 aliphatic heterocycles. The Morgan fingerprint density at radius 3 is 2.31 bits per heavy atom. The molecule has 0 aliphatic carbocycles. The van der Waals surface area contributed by atoms with Crippen LogP contribution in [0.5, 0.6) is 11.5 Å². The second kappa shape index (κ2) is 8.90. The molecule has 4 nitrogen and oxygen atoms in total. The van der Waals surface area contributed by atoms with Crippen molar-refractivity contribution in [2.75, 3.05) is 4.90 Å². The van der Waals surface area contributed by atoms with Gasteiger partial charge in [-0.1, -0.05) is 35.4 Å². The predicted molar refractivity (Wildman–Crippen MR) is 135 cm³/mol. The Labute approximate surface area is 201 Å². The number of ether oxygens (including phenoxy) is 1. The Hall–Kier alpha value is -2.93. The first-order chi connectivity index (χ1) is 15.6. The number of rotatable bonds is 5. The molecule has 1 fully saturated rings. The van der Waals surface area contributed by atoms with Gasteiger partial charge < -0.3 is 15.0 Å². The van der Waals surface area contributed by atoms with Gasteiger partial charge >= 0.3 is 0 Å². The minimum Gasteiger partial charge on any atom is -0.457 e. The summed E-state index contributed by atoms with van der Waals surface area (Å²) in [7, 11) is 0. The van der Waals surface area contributed by atoms with Gasteiger partial charge in [-0.05, 0) is 79.8 Å². The molecular weight excluding hydrogens is 458 g/mol. The van der Waals surface area contributed by atoms with Crippen LogP contribution in [0.25, 0.3) is 0 Å². The number of thiophene rings is 1. The first-order valence-corrected chi connectivity index (χ1v) is 11.8. The van der Waals surface area contributed by atoms with E-state index in [4.69, 9.17) is 28.6 Å². The van der Waals surface area contributed by atoms with Gasteiger partial charge in [-0.2, -0.15) is 0 Å². The van der Waals surface area contributed by atoms with Crippen molar-refractivity contribution in [1.29, 1.82) is 0 Å². The van der Waals surface area contributed by atoms with Crippen molar-refractivity contribution in [3.63, 3.8) is 0 Å². The van der Waals surface area contributed by atoms with Crippen molar-refractivity contribution in [3.05, 3.63) is 106 Å². The second-order valence-corrected chi connectivity index (χ2v) is 9.68. The molecule has 0 spiro atoms. The number of aromatic nitrogens is 1. The molecule has 3 heterocycles. The topological polar surface area (TPSA) is 37.4 Å². The van der Waals surface area contributed by atoms with Crippen molar-refractivity contribution in [2.24, 2.45) is 0 Å². The third kappa shape index (κ3) is 4.21. The van der Waals surface area contributed by atoms with Crippen molar-refractivity contribution in [1.82, 2.24) is 10.3 Å². The van der Waals surface area contributed by atoms with E-state index in [1.807, 2.05) is 72.8 Å². The lowest BCUT2D eigenvalue weighted by Crippen LogP contribution is -2.28. The molecule has 0 unspecified atom stereocenters. The maximum Gasteiger partial charge on any atom is 0.174 e. The summed E-state index contributed by atoms with van der Waals surface area (Å²) in [5.41, 5.74) is 3.11. The molecule has 5 rings (SSSR count). The normalized spacial score (nSPS) is 17.9. The molecule has 2 aromatic carbocycles. The SMILES string of the molecule is Cc1ccc(Oc2ccc(N3C(=S)N[C@H](c4ccccn4)[C@H]3c3ccc(Cl)s3)cc2)cc1. The van der Waals surface area contributed by atoms with Crippen molar-refractivity contribution < 1.29 is 4.74 Å². The number of benzene rings is 2. The van der Waals surface area contributed by atoms with Gasteiger partial charge in [-0.25, -0.2) is 0 Å². The Balaban J connectivity index is 1.46. The van der Waals surface area contributed by atoms with Gasteiger partial charge in [-0.15, -0.1) is 11.3 Å². The van der Waals surface area contributed by atoms with Crippen molar-refractivity contribution in [3.8, 4) is 11.5 Å². The maximum absolute atomic E-state index is 6.28. The quantitative estimate of drug-likeness (QED) is 0.311. The van der Waals surface area contributed by atoms with E-state index in [2.05, 4.69) is 28.2 Å². The number of hydrogen-bond donors (Lipinski definition) is 1. The van der Waals surface area contributed by atoms with Crippen LogP contribution < -0.4 is 15.0 Å². The van der Waals surface area contributed by atoms with Gasteiger partial charge in [0.2, 0.25) is 0 Å². The number of pyridine rings is 1. The minimum absolute atomic E-state index is 0.0567. The molecule has 0 bridgehead atoms. The largest absolute Gasteiger partial charge is 0.457 e. The number of thiocarbonyl (C=S) groups is 1. The van der Waals surface area contributed by atoms with Crippen LogP contribution >= 0.6 is 35.2 Å². The zero-order valence-corrected chi connectivity index (χ0v) is 19.6. The molecule has 160 valence electrons. The Kier molecular flexibility index (Phi) is 5.83. The average molecular weight is 478 g/mol. The van der Waals surface area contributed by atoms with Crippen molar-refractivity contribution in [2.45, 2.75) is 19.0 Å². The van der Waals surface area contributed by atoms with Gasteiger partial charge in [0.05, 0.1) is 22.1 Å². The minimum atomic E-state index is -0.0816. The fourth-order valence-corrected chi connectivity index (χ4v) is 5.36. The molecule has 1 aliphatic rings. The highest BCUT2D eigenvalue weighted by Crippen LogP contribution is 2.44. The van der Waals surface area contributed by atoms with E-state index in [1.165, 1.54) is 5.56 Å². The highest BCUT2D eigenvalue weighted by molar-refractivity contribution is 7.80. The van der Waals surface area contributed by atoms with Gasteiger partial charge in [0.25, 0.3) is 0 Å². The second-order valence-electron chi connectivity index (χ2n) is 7.55. The maximum atomic E-state index is 6.28. The lowest BCUT2D eigenvalue weighted by Gasteiger charge is -2.27. The monoisotopic (exact) mass is 477 g/mol. The molecule has 0 amide bonds. The average Bonchev–Trinajstić information content (AvgIpc) is 3.39. The molecule has 0 saturated carbocycles. The molecule has 4 aromatic rings. The van der Waals surface area contributed by atoms with E-state index in [-0.39, 0.29) is 12.1 Å². The number of halogens is 1. The summed E-state index contributed by atoms with van der Waals surface area (Å²) in [4.78, 5) is 7.83. The van der Waals surface area contributed by atoms with Gasteiger partial charge in [-0.3, -0.25) is 4.98 Å². The third-order valence-corrected chi connectivity index (χ3v) is 6.97. The zero-order valence-electron chi connectivity index (χ0n) is 17.2. The van der Waals surface area contributed by atoms with Gasteiger partial charge in [0.1, 0.15) is 11.5 Å².